The van der Waals surface area contributed by atoms with E-state index in [4.69, 9.17) is 5.73 Å². The standard InChI is InChI=1S/C19H23N7O3/c1-19(2,3)9-25-13-8-11(15-21-7-6-12(20)23-15)24-26(13)18(29)14(17(25)28)16(27)22-10-4-5-10/h6-8,10,29H,4-5,9H2,1-3H3,(H,22,27)(H2,20,21,23). The lowest BCUT2D eigenvalue weighted by molar-refractivity contribution is 0.0944. The summed E-state index contributed by atoms with van der Waals surface area (Å²) in [5, 5.41) is 17.8. The average Bonchev–Trinajstić information content (AvgIpc) is 3.31. The Morgan fingerprint density at radius 2 is 2.10 bits per heavy atom. The summed E-state index contributed by atoms with van der Waals surface area (Å²) in [6.07, 6.45) is 3.23. The van der Waals surface area contributed by atoms with Gasteiger partial charge in [-0.1, -0.05) is 20.8 Å². The molecule has 4 N–H and O–H groups in total. The van der Waals surface area contributed by atoms with Crippen molar-refractivity contribution in [1.82, 2.24) is 29.5 Å². The van der Waals surface area contributed by atoms with E-state index >= 15 is 0 Å². The summed E-state index contributed by atoms with van der Waals surface area (Å²) in [6, 6.07) is 3.19. The van der Waals surface area contributed by atoms with Gasteiger partial charge in [0.25, 0.3) is 11.5 Å². The summed E-state index contributed by atoms with van der Waals surface area (Å²) in [4.78, 5) is 34.1. The molecule has 10 nitrogen and oxygen atoms in total. The molecular formula is C19H23N7O3. The van der Waals surface area contributed by atoms with E-state index in [-0.39, 0.29) is 28.7 Å². The second-order valence-electron chi connectivity index (χ2n) is 8.50. The summed E-state index contributed by atoms with van der Waals surface area (Å²) < 4.78 is 2.63. The number of aromatic hydroxyl groups is 1. The molecule has 1 saturated carbocycles. The van der Waals surface area contributed by atoms with Gasteiger partial charge < -0.3 is 16.2 Å². The number of amides is 1. The number of hydrogen-bond donors (Lipinski definition) is 3. The van der Waals surface area contributed by atoms with E-state index in [9.17, 15) is 14.7 Å². The van der Waals surface area contributed by atoms with Gasteiger partial charge in [0, 0.05) is 24.8 Å². The Labute approximate surface area is 166 Å². The summed E-state index contributed by atoms with van der Waals surface area (Å²) >= 11 is 0. The topological polar surface area (TPSA) is 140 Å². The Morgan fingerprint density at radius 3 is 2.72 bits per heavy atom. The van der Waals surface area contributed by atoms with Crippen LogP contribution in [0.4, 0.5) is 5.82 Å². The van der Waals surface area contributed by atoms with Gasteiger partial charge in [-0.2, -0.15) is 9.61 Å². The van der Waals surface area contributed by atoms with Crippen molar-refractivity contribution in [3.05, 3.63) is 34.2 Å². The Morgan fingerprint density at radius 1 is 1.38 bits per heavy atom. The van der Waals surface area contributed by atoms with Gasteiger partial charge in [-0.25, -0.2) is 9.97 Å². The maximum atomic E-state index is 13.2. The van der Waals surface area contributed by atoms with Crippen LogP contribution in [0, 0.1) is 5.41 Å². The molecule has 3 heterocycles. The van der Waals surface area contributed by atoms with E-state index in [1.54, 1.807) is 12.1 Å². The predicted molar refractivity (Wildman–Crippen MR) is 106 cm³/mol. The fraction of sp³-hybridized carbons (Fsp3) is 0.421. The first-order valence-corrected chi connectivity index (χ1v) is 9.39. The van der Waals surface area contributed by atoms with Crippen LogP contribution >= 0.6 is 0 Å². The second-order valence-corrected chi connectivity index (χ2v) is 8.50. The van der Waals surface area contributed by atoms with E-state index in [0.717, 1.165) is 12.8 Å². The smallest absolute Gasteiger partial charge is 0.270 e. The molecule has 152 valence electrons. The molecule has 3 aromatic heterocycles. The summed E-state index contributed by atoms with van der Waals surface area (Å²) in [6.45, 7) is 6.25. The monoisotopic (exact) mass is 397 g/mol. The molecular weight excluding hydrogens is 374 g/mol. The van der Waals surface area contributed by atoms with Crippen LogP contribution in [0.1, 0.15) is 44.0 Å². The maximum Gasteiger partial charge on any atom is 0.270 e. The highest BCUT2D eigenvalue weighted by Crippen LogP contribution is 2.25. The van der Waals surface area contributed by atoms with E-state index < -0.39 is 17.3 Å². The van der Waals surface area contributed by atoms with Crippen molar-refractivity contribution in [3.8, 4) is 17.4 Å². The van der Waals surface area contributed by atoms with Crippen molar-refractivity contribution in [2.75, 3.05) is 5.73 Å². The maximum absolute atomic E-state index is 13.2. The van der Waals surface area contributed by atoms with Crippen LogP contribution < -0.4 is 16.6 Å². The zero-order valence-electron chi connectivity index (χ0n) is 16.5. The van der Waals surface area contributed by atoms with E-state index in [1.807, 2.05) is 20.8 Å². The number of anilines is 1. The minimum atomic E-state index is -0.600. The Balaban J connectivity index is 1.95. The molecule has 1 amide bonds. The third-order valence-electron chi connectivity index (χ3n) is 4.53. The molecule has 0 aromatic carbocycles. The van der Waals surface area contributed by atoms with Crippen LogP contribution in [0.3, 0.4) is 0 Å². The summed E-state index contributed by atoms with van der Waals surface area (Å²) in [7, 11) is 0. The minimum absolute atomic E-state index is 0.0435. The Hall–Kier alpha value is -3.43. The number of nitrogens with zero attached hydrogens (tertiary/aromatic N) is 5. The molecule has 4 rings (SSSR count). The molecule has 0 unspecified atom stereocenters. The molecule has 1 aliphatic rings. The molecule has 0 bridgehead atoms. The van der Waals surface area contributed by atoms with Crippen molar-refractivity contribution in [2.45, 2.75) is 46.2 Å². The number of hydrogen-bond acceptors (Lipinski definition) is 7. The number of carbonyl (C=O) groups excluding carboxylic acids is 1. The highest BCUT2D eigenvalue weighted by atomic mass is 16.3. The van der Waals surface area contributed by atoms with Gasteiger partial charge >= 0.3 is 0 Å². The van der Waals surface area contributed by atoms with Crippen LogP contribution in [-0.4, -0.2) is 41.2 Å². The minimum Gasteiger partial charge on any atom is -0.492 e. The fourth-order valence-electron chi connectivity index (χ4n) is 3.08. The number of aromatic nitrogens is 5. The van der Waals surface area contributed by atoms with Gasteiger partial charge in [0.2, 0.25) is 5.88 Å². The van der Waals surface area contributed by atoms with Crippen molar-refractivity contribution in [1.29, 1.82) is 0 Å². The highest BCUT2D eigenvalue weighted by Gasteiger charge is 2.30. The predicted octanol–water partition coefficient (Wildman–Crippen LogP) is 1.18. The van der Waals surface area contributed by atoms with Gasteiger partial charge in [-0.3, -0.25) is 14.2 Å². The van der Waals surface area contributed by atoms with Crippen molar-refractivity contribution in [3.63, 3.8) is 0 Å². The number of nitrogen functional groups attached to an aromatic ring is 1. The number of nitrogens with one attached hydrogen (secondary N) is 1. The van der Waals surface area contributed by atoms with Gasteiger partial charge in [0.1, 0.15) is 17.2 Å². The SMILES string of the molecule is CC(C)(C)Cn1c(=O)c(C(=O)NC2CC2)c(O)n2nc(-c3nccc(N)n3)cc12. The Kier molecular flexibility index (Phi) is 4.29. The zero-order valence-corrected chi connectivity index (χ0v) is 16.5. The summed E-state index contributed by atoms with van der Waals surface area (Å²) in [5.74, 6) is -0.583. The van der Waals surface area contributed by atoms with E-state index in [2.05, 4.69) is 20.4 Å². The van der Waals surface area contributed by atoms with Gasteiger partial charge in [0.15, 0.2) is 11.4 Å². The van der Waals surface area contributed by atoms with Crippen molar-refractivity contribution >= 4 is 17.4 Å². The normalized spacial score (nSPS) is 14.3. The fourth-order valence-corrected chi connectivity index (χ4v) is 3.08. The largest absolute Gasteiger partial charge is 0.492 e. The average molecular weight is 397 g/mol. The molecule has 0 aliphatic heterocycles. The van der Waals surface area contributed by atoms with Crippen molar-refractivity contribution in [2.24, 2.45) is 5.41 Å². The molecule has 0 saturated heterocycles. The summed E-state index contributed by atoms with van der Waals surface area (Å²) in [5.41, 5.74) is 5.25. The van der Waals surface area contributed by atoms with Crippen molar-refractivity contribution < 1.29 is 9.90 Å². The number of fused-ring (bicyclic) bond motifs is 1. The molecule has 0 spiro atoms. The van der Waals surface area contributed by atoms with Crippen LogP contribution in [-0.2, 0) is 6.54 Å². The number of rotatable bonds is 4. The second kappa shape index (κ2) is 6.57. The van der Waals surface area contributed by atoms with Gasteiger partial charge in [-0.05, 0) is 24.3 Å². The molecule has 0 atom stereocenters. The first-order chi connectivity index (χ1) is 13.6. The van der Waals surface area contributed by atoms with Gasteiger partial charge in [0.05, 0.1) is 0 Å². The Bertz CT molecular complexity index is 1170. The molecule has 0 radical (unpaired) electrons. The van der Waals surface area contributed by atoms with Crippen LogP contribution in [0.2, 0.25) is 0 Å². The highest BCUT2D eigenvalue weighted by molar-refractivity contribution is 5.96. The number of carbonyl (C=O) groups is 1. The van der Waals surface area contributed by atoms with E-state index in [1.165, 1.54) is 15.3 Å². The lowest BCUT2D eigenvalue weighted by atomic mass is 9.97. The lowest BCUT2D eigenvalue weighted by Gasteiger charge is -2.21. The third kappa shape index (κ3) is 3.65. The quantitative estimate of drug-likeness (QED) is 0.600. The zero-order chi connectivity index (χ0) is 20.9. The lowest BCUT2D eigenvalue weighted by Crippen LogP contribution is -2.37. The van der Waals surface area contributed by atoms with Crippen LogP contribution in [0.25, 0.3) is 17.2 Å². The molecule has 29 heavy (non-hydrogen) atoms. The molecule has 10 heteroatoms. The van der Waals surface area contributed by atoms with Gasteiger partial charge in [-0.15, -0.1) is 0 Å². The molecule has 1 aliphatic carbocycles. The third-order valence-corrected chi connectivity index (χ3v) is 4.53. The number of nitrogens with two attached hydrogens (primary N) is 1. The first-order valence-electron chi connectivity index (χ1n) is 9.39. The van der Waals surface area contributed by atoms with Crippen LogP contribution in [0.15, 0.2) is 23.1 Å². The first kappa shape index (κ1) is 18.9. The van der Waals surface area contributed by atoms with Crippen LogP contribution in [0.5, 0.6) is 5.88 Å². The molecule has 3 aromatic rings. The molecule has 1 fully saturated rings. The van der Waals surface area contributed by atoms with E-state index in [0.29, 0.717) is 17.9 Å².